The Bertz CT molecular complexity index is 947. The molecule has 7 heteroatoms. The van der Waals surface area contributed by atoms with Gasteiger partial charge in [0.1, 0.15) is 23.0 Å². The van der Waals surface area contributed by atoms with Gasteiger partial charge in [0.05, 0.1) is 6.04 Å². The minimum absolute atomic E-state index is 0.155. The highest BCUT2D eigenvalue weighted by Gasteiger charge is 2.31. The minimum Gasteiger partial charge on any atom is -0.443 e. The summed E-state index contributed by atoms with van der Waals surface area (Å²) in [7, 11) is 0. The van der Waals surface area contributed by atoms with Crippen molar-refractivity contribution in [2.24, 2.45) is 0 Å². The Morgan fingerprint density at radius 2 is 2.12 bits per heavy atom. The van der Waals surface area contributed by atoms with Crippen LogP contribution in [-0.4, -0.2) is 38.2 Å². The molecule has 1 aliphatic heterocycles. The van der Waals surface area contributed by atoms with E-state index in [1.54, 1.807) is 35.0 Å². The van der Waals surface area contributed by atoms with Gasteiger partial charge < -0.3 is 9.32 Å². The van der Waals surface area contributed by atoms with Crippen LogP contribution >= 0.6 is 0 Å². The van der Waals surface area contributed by atoms with Crippen LogP contribution in [-0.2, 0) is 0 Å². The van der Waals surface area contributed by atoms with Crippen LogP contribution in [0.4, 0.5) is 0 Å². The van der Waals surface area contributed by atoms with E-state index in [0.29, 0.717) is 30.3 Å². The Hall–Kier alpha value is -3.27. The highest BCUT2D eigenvalue weighted by molar-refractivity contribution is 5.98. The number of aryl methyl sites for hydroxylation is 1. The SMILES string of the molecule is Cc1oc(-n2cccc2)c(C#N)c1C(=O)N1CCC[C@@H](n2cccn2)C1. The number of amides is 1. The van der Waals surface area contributed by atoms with Crippen LogP contribution in [0, 0.1) is 18.3 Å². The number of aromatic nitrogens is 3. The number of hydrogen-bond acceptors (Lipinski definition) is 4. The number of likely N-dealkylation sites (tertiary alicyclic amines) is 1. The quantitative estimate of drug-likeness (QED) is 0.728. The number of carbonyl (C=O) groups excluding carboxylic acids is 1. The van der Waals surface area contributed by atoms with Crippen molar-refractivity contribution >= 4 is 5.91 Å². The fraction of sp³-hybridized carbons (Fsp3) is 0.316. The van der Waals surface area contributed by atoms with Crippen LogP contribution in [0.25, 0.3) is 5.88 Å². The fourth-order valence-electron chi connectivity index (χ4n) is 3.55. The highest BCUT2D eigenvalue weighted by atomic mass is 16.4. The van der Waals surface area contributed by atoms with Crippen molar-refractivity contribution in [3.63, 3.8) is 0 Å². The average molecular weight is 349 g/mol. The van der Waals surface area contributed by atoms with Crippen LogP contribution in [0.3, 0.4) is 0 Å². The third-order valence-electron chi connectivity index (χ3n) is 4.81. The number of carbonyl (C=O) groups is 1. The molecule has 0 N–H and O–H groups in total. The molecule has 0 radical (unpaired) electrons. The number of furan rings is 1. The lowest BCUT2D eigenvalue weighted by molar-refractivity contribution is 0.0671. The molecule has 1 atom stereocenters. The predicted molar refractivity (Wildman–Crippen MR) is 93.9 cm³/mol. The van der Waals surface area contributed by atoms with Gasteiger partial charge in [0.25, 0.3) is 5.91 Å². The van der Waals surface area contributed by atoms with Gasteiger partial charge in [0, 0.05) is 37.9 Å². The molecule has 26 heavy (non-hydrogen) atoms. The van der Waals surface area contributed by atoms with Gasteiger partial charge in [-0.15, -0.1) is 0 Å². The molecule has 0 spiro atoms. The lowest BCUT2D eigenvalue weighted by atomic mass is 10.0. The van der Waals surface area contributed by atoms with Gasteiger partial charge >= 0.3 is 0 Å². The van der Waals surface area contributed by atoms with E-state index in [4.69, 9.17) is 4.42 Å². The van der Waals surface area contributed by atoms with Crippen LogP contribution in [0.1, 0.15) is 40.6 Å². The molecule has 0 aromatic carbocycles. The summed E-state index contributed by atoms with van der Waals surface area (Å²) in [6, 6.07) is 7.89. The summed E-state index contributed by atoms with van der Waals surface area (Å²) in [5.74, 6) is 0.702. The van der Waals surface area contributed by atoms with Gasteiger partial charge in [-0.25, -0.2) is 0 Å². The summed E-state index contributed by atoms with van der Waals surface area (Å²) in [6.45, 7) is 2.98. The molecule has 0 aliphatic carbocycles. The summed E-state index contributed by atoms with van der Waals surface area (Å²) >= 11 is 0. The van der Waals surface area contributed by atoms with Gasteiger partial charge in [0.15, 0.2) is 0 Å². The normalized spacial score (nSPS) is 17.2. The molecule has 132 valence electrons. The minimum atomic E-state index is -0.155. The third-order valence-corrected chi connectivity index (χ3v) is 4.81. The van der Waals surface area contributed by atoms with Crippen molar-refractivity contribution in [1.29, 1.82) is 5.26 Å². The molecule has 7 nitrogen and oxygen atoms in total. The topological polar surface area (TPSA) is 80.0 Å². The van der Waals surface area contributed by atoms with Crippen molar-refractivity contribution in [1.82, 2.24) is 19.2 Å². The predicted octanol–water partition coefficient (Wildman–Crippen LogP) is 2.92. The van der Waals surface area contributed by atoms with E-state index in [2.05, 4.69) is 11.2 Å². The van der Waals surface area contributed by atoms with Crippen molar-refractivity contribution in [2.75, 3.05) is 13.1 Å². The zero-order valence-electron chi connectivity index (χ0n) is 14.5. The van der Waals surface area contributed by atoms with E-state index in [1.165, 1.54) is 0 Å². The molecule has 4 heterocycles. The first kappa shape index (κ1) is 16.2. The maximum atomic E-state index is 13.2. The molecular formula is C19H19N5O2. The number of hydrogen-bond donors (Lipinski definition) is 0. The zero-order chi connectivity index (χ0) is 18.1. The monoisotopic (exact) mass is 349 g/mol. The van der Waals surface area contributed by atoms with Gasteiger partial charge in [0.2, 0.25) is 5.88 Å². The third kappa shape index (κ3) is 2.69. The summed E-state index contributed by atoms with van der Waals surface area (Å²) in [6.07, 6.45) is 9.14. The summed E-state index contributed by atoms with van der Waals surface area (Å²) in [5, 5.41) is 14.0. The smallest absolute Gasteiger partial charge is 0.258 e. The van der Waals surface area contributed by atoms with E-state index in [1.807, 2.05) is 29.1 Å². The molecule has 0 saturated carbocycles. The van der Waals surface area contributed by atoms with E-state index < -0.39 is 0 Å². The fourth-order valence-corrected chi connectivity index (χ4v) is 3.55. The Balaban J connectivity index is 1.65. The second kappa shape index (κ2) is 6.56. The Morgan fingerprint density at radius 1 is 1.31 bits per heavy atom. The van der Waals surface area contributed by atoms with Crippen molar-refractivity contribution < 1.29 is 9.21 Å². The van der Waals surface area contributed by atoms with Crippen LogP contribution in [0.2, 0.25) is 0 Å². The molecule has 1 aliphatic rings. The maximum Gasteiger partial charge on any atom is 0.258 e. The van der Waals surface area contributed by atoms with Crippen LogP contribution in [0.15, 0.2) is 47.4 Å². The molecule has 1 amide bonds. The molecule has 1 fully saturated rings. The van der Waals surface area contributed by atoms with E-state index in [9.17, 15) is 10.1 Å². The van der Waals surface area contributed by atoms with Crippen molar-refractivity contribution in [2.45, 2.75) is 25.8 Å². The number of piperidine rings is 1. The highest BCUT2D eigenvalue weighted by Crippen LogP contribution is 2.29. The first-order valence-electron chi connectivity index (χ1n) is 8.64. The van der Waals surface area contributed by atoms with E-state index in [0.717, 1.165) is 12.8 Å². The summed E-state index contributed by atoms with van der Waals surface area (Å²) < 4.78 is 9.38. The molecule has 1 saturated heterocycles. The molecule has 3 aromatic rings. The Labute approximate surface area is 151 Å². The lowest BCUT2D eigenvalue weighted by Crippen LogP contribution is -2.41. The average Bonchev–Trinajstić information content (AvgIpc) is 3.41. The number of nitrogens with zero attached hydrogens (tertiary/aromatic N) is 5. The van der Waals surface area contributed by atoms with E-state index in [-0.39, 0.29) is 17.5 Å². The van der Waals surface area contributed by atoms with Gasteiger partial charge in [-0.05, 0) is 38.0 Å². The van der Waals surface area contributed by atoms with Gasteiger partial charge in [-0.2, -0.15) is 10.4 Å². The molecular weight excluding hydrogens is 330 g/mol. The lowest BCUT2D eigenvalue weighted by Gasteiger charge is -2.32. The second-order valence-corrected chi connectivity index (χ2v) is 6.45. The number of nitriles is 1. The second-order valence-electron chi connectivity index (χ2n) is 6.45. The first-order valence-corrected chi connectivity index (χ1v) is 8.64. The summed E-state index contributed by atoms with van der Waals surface area (Å²) in [5.41, 5.74) is 0.641. The Kier molecular flexibility index (Phi) is 4.09. The molecule has 0 unspecified atom stereocenters. The molecule has 0 bridgehead atoms. The molecule has 3 aromatic heterocycles. The van der Waals surface area contributed by atoms with Crippen molar-refractivity contribution in [3.8, 4) is 12.0 Å². The van der Waals surface area contributed by atoms with Crippen molar-refractivity contribution in [3.05, 3.63) is 59.9 Å². The van der Waals surface area contributed by atoms with Crippen LogP contribution < -0.4 is 0 Å². The largest absolute Gasteiger partial charge is 0.443 e. The summed E-state index contributed by atoms with van der Waals surface area (Å²) in [4.78, 5) is 15.0. The van der Waals surface area contributed by atoms with Crippen LogP contribution in [0.5, 0.6) is 0 Å². The standard InChI is InChI=1S/C19H19N5O2/c1-14-17(16(12-20)19(26-14)22-8-2-3-9-22)18(25)23-10-4-6-15(13-23)24-11-5-7-21-24/h2-3,5,7-9,11,15H,4,6,10,13H2,1H3/t15-/m1/s1. The van der Waals surface area contributed by atoms with Gasteiger partial charge in [-0.1, -0.05) is 0 Å². The zero-order valence-corrected chi connectivity index (χ0v) is 14.5. The maximum absolute atomic E-state index is 13.2. The van der Waals surface area contributed by atoms with Gasteiger partial charge in [-0.3, -0.25) is 14.0 Å². The first-order chi connectivity index (χ1) is 12.7. The Morgan fingerprint density at radius 3 is 2.81 bits per heavy atom. The number of rotatable bonds is 3. The molecule has 4 rings (SSSR count). The van der Waals surface area contributed by atoms with E-state index >= 15 is 0 Å².